The first kappa shape index (κ1) is 65.5. The standard InChI is InChI=1S/Ba.2Ga.4S/q+2;2*+3;4*-2. The maximum atomic E-state index is 0. The summed E-state index contributed by atoms with van der Waals surface area (Å²) in [5.74, 6) is 0. The molecular formula is BaGa2S4. The van der Waals surface area contributed by atoms with Gasteiger partial charge in [-0.3, -0.25) is 0 Å². The third-order valence-electron chi connectivity index (χ3n) is 0. The van der Waals surface area contributed by atoms with E-state index in [-0.39, 0.29) is 142 Å². The first-order chi connectivity index (χ1) is 0. The Balaban J connectivity index is 0. The Kier molecular flexibility index (Phi) is 455. The van der Waals surface area contributed by atoms with Gasteiger partial charge in [-0.25, -0.2) is 0 Å². The maximum absolute atomic E-state index is 0. The van der Waals surface area contributed by atoms with Crippen LogP contribution < -0.4 is 0 Å². The van der Waals surface area contributed by atoms with Crippen molar-refractivity contribution in [1.82, 2.24) is 0 Å². The summed E-state index contributed by atoms with van der Waals surface area (Å²) in [6, 6.07) is 0. The SMILES string of the molecule is [Ba+2].[Ga+3].[Ga+3].[S-2].[S-2].[S-2].[S-2]. The summed E-state index contributed by atoms with van der Waals surface area (Å²) in [5, 5.41) is 0. The van der Waals surface area contributed by atoms with Crippen molar-refractivity contribution in [2.75, 3.05) is 0 Å². The van der Waals surface area contributed by atoms with Crippen molar-refractivity contribution >= 4 is 142 Å². The molecule has 0 radical (unpaired) electrons. The summed E-state index contributed by atoms with van der Waals surface area (Å²) >= 11 is 0. The third kappa shape index (κ3) is 38.7. The summed E-state index contributed by atoms with van der Waals surface area (Å²) < 4.78 is 0. The molecule has 0 aliphatic heterocycles. The van der Waals surface area contributed by atoms with Crippen LogP contribution in [0.4, 0.5) is 0 Å². The van der Waals surface area contributed by atoms with E-state index in [1.807, 2.05) is 0 Å². The normalized spacial score (nSPS) is 0. The Hall–Kier alpha value is 4.24. The second-order valence-corrected chi connectivity index (χ2v) is 0. The topological polar surface area (TPSA) is 0 Å². The zero-order chi connectivity index (χ0) is 0. The summed E-state index contributed by atoms with van der Waals surface area (Å²) in [4.78, 5) is 0. The molecule has 0 N–H and O–H groups in total. The fourth-order valence-electron chi connectivity index (χ4n) is 0. The zero-order valence-corrected chi connectivity index (χ0v) is 16.0. The van der Waals surface area contributed by atoms with Gasteiger partial charge in [0.05, 0.1) is 0 Å². The van der Waals surface area contributed by atoms with E-state index in [9.17, 15) is 0 Å². The van der Waals surface area contributed by atoms with Crippen LogP contribution in [0.3, 0.4) is 0 Å². The van der Waals surface area contributed by atoms with E-state index >= 15 is 0 Å². The average Bonchev–Trinajstić information content (AvgIpc) is 0. The maximum Gasteiger partial charge on any atom is 3.00 e. The van der Waals surface area contributed by atoms with Gasteiger partial charge in [0, 0.05) is 0 Å². The van der Waals surface area contributed by atoms with Gasteiger partial charge in [0.2, 0.25) is 0 Å². The van der Waals surface area contributed by atoms with E-state index in [1.54, 1.807) is 0 Å². The van der Waals surface area contributed by atoms with Crippen LogP contribution >= 0.6 is 0 Å². The molecule has 7 heavy (non-hydrogen) atoms. The van der Waals surface area contributed by atoms with E-state index in [4.69, 9.17) is 0 Å². The Morgan fingerprint density at radius 2 is 0.429 bits per heavy atom. The molecule has 0 aliphatic rings. The zero-order valence-electron chi connectivity index (χ0n) is 3.49. The first-order valence-electron chi connectivity index (χ1n) is 0. The molecule has 0 rings (SSSR count). The van der Waals surface area contributed by atoms with Crippen LogP contribution in [0.1, 0.15) is 0 Å². The van der Waals surface area contributed by atoms with Gasteiger partial charge in [-0.05, 0) is 0 Å². The molecule has 0 aromatic carbocycles. The Labute approximate surface area is 139 Å². The largest absolute Gasteiger partial charge is 3.00 e. The van der Waals surface area contributed by atoms with Crippen LogP contribution in [-0.2, 0) is 54.0 Å². The van der Waals surface area contributed by atoms with Crippen LogP contribution in [0.15, 0.2) is 0 Å². The Morgan fingerprint density at radius 3 is 0.429 bits per heavy atom. The summed E-state index contributed by atoms with van der Waals surface area (Å²) in [5.41, 5.74) is 0. The van der Waals surface area contributed by atoms with Crippen molar-refractivity contribution in [2.24, 2.45) is 0 Å². The minimum Gasteiger partial charge on any atom is -2.00 e. The van der Waals surface area contributed by atoms with Gasteiger partial charge >= 0.3 is 88.5 Å². The van der Waals surface area contributed by atoms with Crippen molar-refractivity contribution in [3.05, 3.63) is 0 Å². The molecule has 0 spiro atoms. The van der Waals surface area contributed by atoms with Gasteiger partial charge in [-0.15, -0.1) is 0 Å². The quantitative estimate of drug-likeness (QED) is 0.447. The molecule has 7 heteroatoms. The second kappa shape index (κ2) is 48.6. The molecule has 0 bridgehead atoms. The van der Waals surface area contributed by atoms with Crippen LogP contribution in [0.2, 0.25) is 0 Å². The van der Waals surface area contributed by atoms with Crippen molar-refractivity contribution in [2.45, 2.75) is 0 Å². The van der Waals surface area contributed by atoms with Gasteiger partial charge in [-0.1, -0.05) is 0 Å². The molecule has 0 nitrogen and oxygen atoms in total. The summed E-state index contributed by atoms with van der Waals surface area (Å²) in [6.45, 7) is 0. The molecule has 0 aromatic rings. The van der Waals surface area contributed by atoms with E-state index in [2.05, 4.69) is 0 Å². The van der Waals surface area contributed by atoms with Gasteiger partial charge < -0.3 is 54.0 Å². The van der Waals surface area contributed by atoms with Crippen LogP contribution in [-0.4, -0.2) is 88.5 Å². The van der Waals surface area contributed by atoms with E-state index in [0.717, 1.165) is 0 Å². The third-order valence-corrected chi connectivity index (χ3v) is 0. The number of hydrogen-bond donors (Lipinski definition) is 0. The van der Waals surface area contributed by atoms with Crippen LogP contribution in [0, 0.1) is 0 Å². The van der Waals surface area contributed by atoms with Crippen LogP contribution in [0.5, 0.6) is 0 Å². The van der Waals surface area contributed by atoms with Crippen molar-refractivity contribution in [3.8, 4) is 0 Å². The molecule has 0 heterocycles. The molecular weight excluding hydrogens is 405 g/mol. The molecule has 32 valence electrons. The van der Waals surface area contributed by atoms with Gasteiger partial charge in [-0.2, -0.15) is 0 Å². The molecule has 0 amide bonds. The van der Waals surface area contributed by atoms with Crippen molar-refractivity contribution in [1.29, 1.82) is 0 Å². The van der Waals surface area contributed by atoms with E-state index in [0.29, 0.717) is 0 Å². The summed E-state index contributed by atoms with van der Waals surface area (Å²) in [6.07, 6.45) is 0. The first-order valence-corrected chi connectivity index (χ1v) is 0. The molecule has 0 unspecified atom stereocenters. The fraction of sp³-hybridized carbons (Fsp3) is 0. The molecule has 0 atom stereocenters. The second-order valence-electron chi connectivity index (χ2n) is 0. The minimum absolute atomic E-state index is 0. The van der Waals surface area contributed by atoms with Gasteiger partial charge in [0.15, 0.2) is 0 Å². The smallest absolute Gasteiger partial charge is 2.00 e. The molecule has 0 saturated carbocycles. The predicted octanol–water partition coefficient (Wildman–Crippen LogP) is -1.15. The minimum atomic E-state index is 0. The van der Waals surface area contributed by atoms with Crippen LogP contribution in [0.25, 0.3) is 0 Å². The Morgan fingerprint density at radius 1 is 0.429 bits per heavy atom. The summed E-state index contributed by atoms with van der Waals surface area (Å²) in [7, 11) is 0. The molecule has 0 saturated heterocycles. The van der Waals surface area contributed by atoms with Gasteiger partial charge in [0.25, 0.3) is 0 Å². The predicted molar refractivity (Wildman–Crippen MR) is 46.7 cm³/mol. The average molecular weight is 405 g/mol. The monoisotopic (exact) mass is 404 g/mol. The van der Waals surface area contributed by atoms with Crippen molar-refractivity contribution < 1.29 is 0 Å². The number of hydrogen-bond acceptors (Lipinski definition) is 0. The molecule has 0 fully saturated rings. The number of rotatable bonds is 0. The molecule has 0 aliphatic carbocycles. The van der Waals surface area contributed by atoms with Crippen molar-refractivity contribution in [3.63, 3.8) is 0 Å². The fourth-order valence-corrected chi connectivity index (χ4v) is 0. The van der Waals surface area contributed by atoms with Gasteiger partial charge in [0.1, 0.15) is 0 Å². The molecule has 0 aromatic heterocycles. The van der Waals surface area contributed by atoms with E-state index in [1.165, 1.54) is 0 Å². The van der Waals surface area contributed by atoms with E-state index < -0.39 is 0 Å². The Bertz CT molecular complexity index is 9.65.